The highest BCUT2D eigenvalue weighted by atomic mass is 16.5. The number of morpholine rings is 1. The quantitative estimate of drug-likeness (QED) is 0.711. The van der Waals surface area contributed by atoms with Crippen LogP contribution in [0, 0.1) is 0 Å². The lowest BCUT2D eigenvalue weighted by Gasteiger charge is -2.37. The van der Waals surface area contributed by atoms with Crippen LogP contribution in [0.4, 0.5) is 11.4 Å². The number of hydrogen-bond acceptors (Lipinski definition) is 4. The van der Waals surface area contributed by atoms with E-state index in [-0.39, 0.29) is 23.7 Å². The summed E-state index contributed by atoms with van der Waals surface area (Å²) in [4.78, 5) is 25.9. The predicted molar refractivity (Wildman–Crippen MR) is 107 cm³/mol. The molecule has 6 heteroatoms. The number of hydrogen-bond donors (Lipinski definition) is 2. The third kappa shape index (κ3) is 5.96. The maximum atomic E-state index is 12.1. The van der Waals surface area contributed by atoms with Gasteiger partial charge in [0.25, 0.3) is 0 Å². The molecule has 27 heavy (non-hydrogen) atoms. The Bertz CT molecular complexity index is 732. The fourth-order valence-electron chi connectivity index (χ4n) is 3.25. The Balaban J connectivity index is 2.13. The lowest BCUT2D eigenvalue weighted by Crippen LogP contribution is -2.46. The van der Waals surface area contributed by atoms with E-state index >= 15 is 0 Å². The van der Waals surface area contributed by atoms with E-state index in [9.17, 15) is 14.7 Å². The SMILES string of the molecule is C=C/C=C(\C)CCC(=O)Nc1ccc(N2CC(C)OC(C)C2)c(C(=O)O)c1. The second kappa shape index (κ2) is 9.37. The standard InChI is InChI=1S/C21H28N2O4/c1-5-6-14(2)7-10-20(24)22-17-8-9-19(18(11-17)21(25)26)23-12-15(3)27-16(4)13-23/h5-6,8-9,11,15-16H,1,7,10,12-13H2,2-4H3,(H,22,24)(H,25,26)/b14-6+. The van der Waals surface area contributed by atoms with Crippen LogP contribution in [-0.4, -0.2) is 42.3 Å². The minimum absolute atomic E-state index is 0.0293. The molecule has 2 unspecified atom stereocenters. The average Bonchev–Trinajstić information content (AvgIpc) is 2.59. The third-order valence-corrected chi connectivity index (χ3v) is 4.42. The molecule has 1 saturated heterocycles. The zero-order valence-corrected chi connectivity index (χ0v) is 16.2. The molecule has 146 valence electrons. The fourth-order valence-corrected chi connectivity index (χ4v) is 3.25. The van der Waals surface area contributed by atoms with Crippen molar-refractivity contribution in [1.82, 2.24) is 0 Å². The van der Waals surface area contributed by atoms with Crippen molar-refractivity contribution in [3.63, 3.8) is 0 Å². The van der Waals surface area contributed by atoms with Gasteiger partial charge >= 0.3 is 5.97 Å². The number of aromatic carboxylic acids is 1. The van der Waals surface area contributed by atoms with Crippen molar-refractivity contribution in [2.24, 2.45) is 0 Å². The molecule has 1 aliphatic heterocycles. The van der Waals surface area contributed by atoms with Crippen molar-refractivity contribution in [1.29, 1.82) is 0 Å². The second-order valence-electron chi connectivity index (χ2n) is 7.00. The number of benzene rings is 1. The highest BCUT2D eigenvalue weighted by Crippen LogP contribution is 2.27. The van der Waals surface area contributed by atoms with Gasteiger partial charge in [0.1, 0.15) is 0 Å². The minimum atomic E-state index is -1.02. The van der Waals surface area contributed by atoms with Gasteiger partial charge in [-0.1, -0.05) is 24.3 Å². The number of carboxylic acids is 1. The first-order valence-electron chi connectivity index (χ1n) is 9.16. The molecule has 1 aromatic rings. The Morgan fingerprint density at radius 1 is 1.30 bits per heavy atom. The molecule has 1 fully saturated rings. The summed E-state index contributed by atoms with van der Waals surface area (Å²) in [5.41, 5.74) is 2.38. The Hall–Kier alpha value is -2.60. The van der Waals surface area contributed by atoms with Crippen LogP contribution in [0.25, 0.3) is 0 Å². The number of anilines is 2. The first-order chi connectivity index (χ1) is 12.8. The number of amides is 1. The predicted octanol–water partition coefficient (Wildman–Crippen LogP) is 3.85. The van der Waals surface area contributed by atoms with Gasteiger partial charge in [0, 0.05) is 25.2 Å². The molecule has 2 atom stereocenters. The molecule has 6 nitrogen and oxygen atoms in total. The van der Waals surface area contributed by atoms with Crippen LogP contribution < -0.4 is 10.2 Å². The van der Waals surface area contributed by atoms with Gasteiger partial charge in [-0.2, -0.15) is 0 Å². The lowest BCUT2D eigenvalue weighted by atomic mass is 10.1. The van der Waals surface area contributed by atoms with Gasteiger partial charge in [0.05, 0.1) is 23.5 Å². The van der Waals surface area contributed by atoms with Crippen LogP contribution in [0.5, 0.6) is 0 Å². The molecular weight excluding hydrogens is 344 g/mol. The van der Waals surface area contributed by atoms with Crippen molar-refractivity contribution in [3.05, 3.63) is 48.1 Å². The summed E-state index contributed by atoms with van der Waals surface area (Å²) in [6.07, 6.45) is 4.58. The molecule has 2 N–H and O–H groups in total. The summed E-state index contributed by atoms with van der Waals surface area (Å²) in [5.74, 6) is -1.16. The molecule has 1 heterocycles. The van der Waals surface area contributed by atoms with Gasteiger partial charge in [0.2, 0.25) is 5.91 Å². The topological polar surface area (TPSA) is 78.9 Å². The highest BCUT2D eigenvalue weighted by Gasteiger charge is 2.25. The van der Waals surface area contributed by atoms with Crippen molar-refractivity contribution in [2.45, 2.75) is 45.8 Å². The summed E-state index contributed by atoms with van der Waals surface area (Å²) in [6.45, 7) is 10.8. The van der Waals surface area contributed by atoms with E-state index in [0.717, 1.165) is 5.57 Å². The molecule has 0 spiro atoms. The Labute approximate surface area is 160 Å². The van der Waals surface area contributed by atoms with Gasteiger partial charge in [-0.3, -0.25) is 4.79 Å². The Morgan fingerprint density at radius 2 is 1.96 bits per heavy atom. The van der Waals surface area contributed by atoms with Gasteiger partial charge in [-0.05, 0) is 45.4 Å². The first-order valence-corrected chi connectivity index (χ1v) is 9.16. The molecular formula is C21H28N2O4. The van der Waals surface area contributed by atoms with E-state index in [2.05, 4.69) is 11.9 Å². The fraction of sp³-hybridized carbons (Fsp3) is 0.429. The molecule has 0 aromatic heterocycles. The normalized spacial score (nSPS) is 20.3. The maximum absolute atomic E-state index is 12.1. The second-order valence-corrected chi connectivity index (χ2v) is 7.00. The van der Waals surface area contributed by atoms with E-state index in [1.807, 2.05) is 31.7 Å². The number of carbonyl (C=O) groups excluding carboxylic acids is 1. The number of ether oxygens (including phenoxy) is 1. The van der Waals surface area contributed by atoms with Crippen molar-refractivity contribution >= 4 is 23.3 Å². The van der Waals surface area contributed by atoms with E-state index in [1.54, 1.807) is 18.2 Å². The van der Waals surface area contributed by atoms with Crippen LogP contribution in [0.3, 0.4) is 0 Å². The summed E-state index contributed by atoms with van der Waals surface area (Å²) >= 11 is 0. The number of nitrogens with one attached hydrogen (secondary N) is 1. The molecule has 0 aliphatic carbocycles. The molecule has 2 rings (SSSR count). The van der Waals surface area contributed by atoms with Gasteiger partial charge in [-0.15, -0.1) is 0 Å². The van der Waals surface area contributed by atoms with Crippen LogP contribution in [-0.2, 0) is 9.53 Å². The van der Waals surface area contributed by atoms with Crippen LogP contribution in [0.1, 0.15) is 44.0 Å². The van der Waals surface area contributed by atoms with Crippen molar-refractivity contribution < 1.29 is 19.4 Å². The first kappa shape index (κ1) is 20.7. The van der Waals surface area contributed by atoms with Gasteiger partial charge < -0.3 is 20.1 Å². The average molecular weight is 372 g/mol. The molecule has 0 bridgehead atoms. The van der Waals surface area contributed by atoms with Gasteiger partial charge in [0.15, 0.2) is 0 Å². The van der Waals surface area contributed by atoms with Crippen molar-refractivity contribution in [2.75, 3.05) is 23.3 Å². The highest BCUT2D eigenvalue weighted by molar-refractivity contribution is 5.98. The van der Waals surface area contributed by atoms with Crippen LogP contribution in [0.15, 0.2) is 42.5 Å². The summed E-state index contributed by atoms with van der Waals surface area (Å²) in [6, 6.07) is 5.02. The molecule has 1 aliphatic rings. The van der Waals surface area contributed by atoms with Crippen LogP contribution >= 0.6 is 0 Å². The number of nitrogens with zero attached hydrogens (tertiary/aromatic N) is 1. The maximum Gasteiger partial charge on any atom is 0.337 e. The summed E-state index contributed by atoms with van der Waals surface area (Å²) < 4.78 is 5.72. The van der Waals surface area contributed by atoms with E-state index < -0.39 is 5.97 Å². The van der Waals surface area contributed by atoms with E-state index in [1.165, 1.54) is 6.07 Å². The smallest absolute Gasteiger partial charge is 0.337 e. The lowest BCUT2D eigenvalue weighted by molar-refractivity contribution is -0.116. The zero-order valence-electron chi connectivity index (χ0n) is 16.2. The van der Waals surface area contributed by atoms with E-state index in [4.69, 9.17) is 4.74 Å². The number of carboxylic acid groups (broad SMARTS) is 1. The van der Waals surface area contributed by atoms with Gasteiger partial charge in [-0.25, -0.2) is 4.79 Å². The molecule has 0 radical (unpaired) electrons. The zero-order chi connectivity index (χ0) is 20.0. The molecule has 0 saturated carbocycles. The third-order valence-electron chi connectivity index (χ3n) is 4.42. The molecule has 1 amide bonds. The number of allylic oxidation sites excluding steroid dienone is 3. The van der Waals surface area contributed by atoms with Crippen LogP contribution in [0.2, 0.25) is 0 Å². The minimum Gasteiger partial charge on any atom is -0.478 e. The largest absolute Gasteiger partial charge is 0.478 e. The van der Waals surface area contributed by atoms with E-state index in [0.29, 0.717) is 37.3 Å². The number of rotatable bonds is 7. The summed E-state index contributed by atoms with van der Waals surface area (Å²) in [7, 11) is 0. The monoisotopic (exact) mass is 372 g/mol. The number of carbonyl (C=O) groups is 2. The Morgan fingerprint density at radius 3 is 2.56 bits per heavy atom. The van der Waals surface area contributed by atoms with Crippen molar-refractivity contribution in [3.8, 4) is 0 Å². The summed E-state index contributed by atoms with van der Waals surface area (Å²) in [5, 5.41) is 12.4. The Kier molecular flexibility index (Phi) is 7.19. The molecule has 1 aromatic carbocycles.